The van der Waals surface area contributed by atoms with Crippen LogP contribution in [0.3, 0.4) is 0 Å². The molecular weight excluding hydrogens is 407 g/mol. The molecule has 0 saturated carbocycles. The molecule has 2 heterocycles. The highest BCUT2D eigenvalue weighted by atomic mass is 35.5. The second-order valence-electron chi connectivity index (χ2n) is 6.14. The van der Waals surface area contributed by atoms with Crippen molar-refractivity contribution in [2.24, 2.45) is 0 Å². The zero-order valence-corrected chi connectivity index (χ0v) is 15.9. The number of aryl methyl sites for hydroxylation is 1. The normalized spacial score (nSPS) is 11.2. The predicted molar refractivity (Wildman–Crippen MR) is 103 cm³/mol. The number of benzene rings is 1. The van der Waals surface area contributed by atoms with Gasteiger partial charge in [-0.3, -0.25) is 9.78 Å². The average Bonchev–Trinajstić information content (AvgIpc) is 2.69. The first-order chi connectivity index (χ1) is 13.7. The third-order valence-corrected chi connectivity index (χ3v) is 4.30. The summed E-state index contributed by atoms with van der Waals surface area (Å²) in [5.74, 6) is -0.634. The molecule has 150 valence electrons. The number of hydrogen-bond acceptors (Lipinski definition) is 4. The van der Waals surface area contributed by atoms with Crippen LogP contribution in [0.4, 0.5) is 18.9 Å². The van der Waals surface area contributed by atoms with Gasteiger partial charge in [0.05, 0.1) is 17.4 Å². The SMILES string of the molecule is Cc1cc(-c2cc(NC(=O)c3cccnc3)cnc2OCC(F)(F)F)ccc1Cl. The molecule has 0 aliphatic rings. The second-order valence-corrected chi connectivity index (χ2v) is 6.55. The minimum atomic E-state index is -4.51. The van der Waals surface area contributed by atoms with Crippen LogP contribution in [-0.2, 0) is 0 Å². The first-order valence-electron chi connectivity index (χ1n) is 8.40. The number of anilines is 1. The molecule has 1 aromatic carbocycles. The van der Waals surface area contributed by atoms with E-state index in [0.29, 0.717) is 21.8 Å². The summed E-state index contributed by atoms with van der Waals surface area (Å²) in [6.07, 6.45) is -0.354. The zero-order chi connectivity index (χ0) is 21.0. The lowest BCUT2D eigenvalue weighted by Crippen LogP contribution is -2.20. The van der Waals surface area contributed by atoms with E-state index in [0.717, 1.165) is 5.56 Å². The van der Waals surface area contributed by atoms with Crippen LogP contribution in [0.1, 0.15) is 15.9 Å². The fraction of sp³-hybridized carbons (Fsp3) is 0.150. The van der Waals surface area contributed by atoms with Crippen molar-refractivity contribution in [3.05, 3.63) is 71.1 Å². The van der Waals surface area contributed by atoms with Gasteiger partial charge in [-0.1, -0.05) is 17.7 Å². The van der Waals surface area contributed by atoms with E-state index in [1.807, 2.05) is 0 Å². The van der Waals surface area contributed by atoms with Crippen molar-refractivity contribution in [1.29, 1.82) is 0 Å². The van der Waals surface area contributed by atoms with Gasteiger partial charge in [0, 0.05) is 23.0 Å². The van der Waals surface area contributed by atoms with Gasteiger partial charge in [0.25, 0.3) is 5.91 Å². The third kappa shape index (κ3) is 5.45. The third-order valence-electron chi connectivity index (χ3n) is 3.87. The van der Waals surface area contributed by atoms with Gasteiger partial charge in [-0.05, 0) is 48.4 Å². The molecule has 3 aromatic rings. The maximum Gasteiger partial charge on any atom is 0.422 e. The molecular formula is C20H15ClF3N3O2. The maximum atomic E-state index is 12.6. The van der Waals surface area contributed by atoms with E-state index in [2.05, 4.69) is 15.3 Å². The van der Waals surface area contributed by atoms with Gasteiger partial charge in [0.2, 0.25) is 5.88 Å². The van der Waals surface area contributed by atoms with Crippen LogP contribution in [0.5, 0.6) is 5.88 Å². The fourth-order valence-electron chi connectivity index (χ4n) is 2.51. The number of ether oxygens (including phenoxy) is 1. The van der Waals surface area contributed by atoms with Crippen molar-refractivity contribution in [1.82, 2.24) is 9.97 Å². The summed E-state index contributed by atoms with van der Waals surface area (Å²) in [4.78, 5) is 20.2. The number of carbonyl (C=O) groups is 1. The number of alkyl halides is 3. The van der Waals surface area contributed by atoms with E-state index in [-0.39, 0.29) is 11.4 Å². The van der Waals surface area contributed by atoms with Gasteiger partial charge < -0.3 is 10.1 Å². The van der Waals surface area contributed by atoms with E-state index in [1.165, 1.54) is 24.7 Å². The number of hydrogen-bond donors (Lipinski definition) is 1. The molecule has 29 heavy (non-hydrogen) atoms. The molecule has 0 radical (unpaired) electrons. The van der Waals surface area contributed by atoms with E-state index in [9.17, 15) is 18.0 Å². The number of pyridine rings is 2. The molecule has 0 atom stereocenters. The van der Waals surface area contributed by atoms with E-state index >= 15 is 0 Å². The smallest absolute Gasteiger partial charge is 0.422 e. The number of carbonyl (C=O) groups excluding carboxylic acids is 1. The van der Waals surface area contributed by atoms with Gasteiger partial charge in [-0.2, -0.15) is 13.2 Å². The molecule has 0 bridgehead atoms. The Hall–Kier alpha value is -3.13. The van der Waals surface area contributed by atoms with Crippen LogP contribution < -0.4 is 10.1 Å². The van der Waals surface area contributed by atoms with Crippen molar-refractivity contribution >= 4 is 23.2 Å². The lowest BCUT2D eigenvalue weighted by Gasteiger charge is -2.15. The molecule has 0 saturated heterocycles. The minimum Gasteiger partial charge on any atom is -0.468 e. The molecule has 1 N–H and O–H groups in total. The van der Waals surface area contributed by atoms with Crippen LogP contribution in [0.25, 0.3) is 11.1 Å². The molecule has 0 unspecified atom stereocenters. The van der Waals surface area contributed by atoms with E-state index in [4.69, 9.17) is 16.3 Å². The highest BCUT2D eigenvalue weighted by Gasteiger charge is 2.29. The van der Waals surface area contributed by atoms with Crippen molar-refractivity contribution in [2.75, 3.05) is 11.9 Å². The van der Waals surface area contributed by atoms with E-state index < -0.39 is 18.7 Å². The molecule has 0 aliphatic carbocycles. The Morgan fingerprint density at radius 1 is 1.21 bits per heavy atom. The fourth-order valence-corrected chi connectivity index (χ4v) is 2.62. The summed E-state index contributed by atoms with van der Waals surface area (Å²) < 4.78 is 42.7. The predicted octanol–water partition coefficient (Wildman–Crippen LogP) is 5.30. The number of nitrogens with zero attached hydrogens (tertiary/aromatic N) is 2. The monoisotopic (exact) mass is 421 g/mol. The standard InChI is InChI=1S/C20H15ClF3N3O2/c1-12-7-13(4-5-17(12)21)16-8-15(10-26-19(16)29-11-20(22,23)24)27-18(28)14-3-2-6-25-9-14/h2-10H,11H2,1H3,(H,27,28). The Morgan fingerprint density at radius 2 is 2.00 bits per heavy atom. The van der Waals surface area contributed by atoms with Crippen molar-refractivity contribution in [2.45, 2.75) is 13.1 Å². The number of amides is 1. The van der Waals surface area contributed by atoms with Crippen LogP contribution in [0, 0.1) is 6.92 Å². The zero-order valence-electron chi connectivity index (χ0n) is 15.1. The Bertz CT molecular complexity index is 1030. The molecule has 5 nitrogen and oxygen atoms in total. The Kier molecular flexibility index (Phi) is 6.03. The first-order valence-corrected chi connectivity index (χ1v) is 8.78. The van der Waals surface area contributed by atoms with Crippen molar-refractivity contribution < 1.29 is 22.7 Å². The number of nitrogens with one attached hydrogen (secondary N) is 1. The summed E-state index contributed by atoms with van der Waals surface area (Å²) >= 11 is 6.04. The van der Waals surface area contributed by atoms with Crippen LogP contribution >= 0.6 is 11.6 Å². The quantitative estimate of drug-likeness (QED) is 0.607. The topological polar surface area (TPSA) is 64.1 Å². The summed E-state index contributed by atoms with van der Waals surface area (Å²) in [6, 6.07) is 9.66. The Labute approximate surface area is 169 Å². The Morgan fingerprint density at radius 3 is 2.66 bits per heavy atom. The Balaban J connectivity index is 1.95. The molecule has 0 fully saturated rings. The van der Waals surface area contributed by atoms with Gasteiger partial charge in [0.15, 0.2) is 6.61 Å². The molecule has 2 aromatic heterocycles. The van der Waals surface area contributed by atoms with Gasteiger partial charge in [-0.15, -0.1) is 0 Å². The number of halogens is 4. The molecule has 9 heteroatoms. The van der Waals surface area contributed by atoms with Crippen LogP contribution in [0.15, 0.2) is 55.0 Å². The van der Waals surface area contributed by atoms with Crippen LogP contribution in [0.2, 0.25) is 5.02 Å². The number of rotatable bonds is 5. The molecule has 0 spiro atoms. The molecule has 1 amide bonds. The summed E-state index contributed by atoms with van der Waals surface area (Å²) in [5.41, 5.74) is 2.19. The lowest BCUT2D eigenvalue weighted by molar-refractivity contribution is -0.154. The molecule has 0 aliphatic heterocycles. The largest absolute Gasteiger partial charge is 0.468 e. The van der Waals surface area contributed by atoms with Gasteiger partial charge in [0.1, 0.15) is 0 Å². The molecule has 3 rings (SSSR count). The van der Waals surface area contributed by atoms with Gasteiger partial charge in [-0.25, -0.2) is 4.98 Å². The van der Waals surface area contributed by atoms with Crippen LogP contribution in [-0.4, -0.2) is 28.7 Å². The minimum absolute atomic E-state index is 0.205. The van der Waals surface area contributed by atoms with Crippen molar-refractivity contribution in [3.8, 4) is 17.0 Å². The summed E-state index contributed by atoms with van der Waals surface area (Å²) in [6.45, 7) is 0.282. The van der Waals surface area contributed by atoms with E-state index in [1.54, 1.807) is 37.3 Å². The van der Waals surface area contributed by atoms with Crippen molar-refractivity contribution in [3.63, 3.8) is 0 Å². The van der Waals surface area contributed by atoms with Gasteiger partial charge >= 0.3 is 6.18 Å². The maximum absolute atomic E-state index is 12.6. The lowest BCUT2D eigenvalue weighted by atomic mass is 10.0. The number of aromatic nitrogens is 2. The highest BCUT2D eigenvalue weighted by Crippen LogP contribution is 2.33. The highest BCUT2D eigenvalue weighted by molar-refractivity contribution is 6.31. The average molecular weight is 422 g/mol. The summed E-state index contributed by atoms with van der Waals surface area (Å²) in [5, 5.41) is 3.16. The summed E-state index contributed by atoms with van der Waals surface area (Å²) in [7, 11) is 0. The first kappa shape index (κ1) is 20.6. The second kappa shape index (κ2) is 8.48.